The standard InChI is InChI=1S/C39H27Cl2N3O5S/c1-22(37(47)43-32-13-7-12-30-34(32)36(46)29-11-6-5-10-28(29)35(30)45)50-27-18-16-26(17-19-27)42-39(49)33(20-24-14-15-25(40)21-31(24)41)44-38(48)23-8-3-2-4-9-23/h2-22H,1H3,(H,42,49)(H,43,47)(H,44,48)/b33-20-. The molecule has 5 aromatic rings. The number of thioether (sulfide) groups is 1. The van der Waals surface area contributed by atoms with Crippen molar-refractivity contribution in [1.82, 2.24) is 5.32 Å². The molecule has 11 heteroatoms. The van der Waals surface area contributed by atoms with Gasteiger partial charge in [0.05, 0.1) is 16.5 Å². The average Bonchev–Trinajstić information content (AvgIpc) is 3.12. The number of carbonyl (C=O) groups excluding carboxylic acids is 5. The molecule has 6 rings (SSSR count). The van der Waals surface area contributed by atoms with Crippen LogP contribution in [0.3, 0.4) is 0 Å². The van der Waals surface area contributed by atoms with Gasteiger partial charge >= 0.3 is 0 Å². The van der Waals surface area contributed by atoms with E-state index >= 15 is 0 Å². The first-order valence-electron chi connectivity index (χ1n) is 15.3. The van der Waals surface area contributed by atoms with E-state index in [1.54, 1.807) is 116 Å². The number of ketones is 2. The van der Waals surface area contributed by atoms with Crippen molar-refractivity contribution in [2.45, 2.75) is 17.1 Å². The van der Waals surface area contributed by atoms with Gasteiger partial charge in [0.25, 0.3) is 11.8 Å². The third-order valence-electron chi connectivity index (χ3n) is 7.80. The van der Waals surface area contributed by atoms with E-state index in [4.69, 9.17) is 23.2 Å². The van der Waals surface area contributed by atoms with Gasteiger partial charge in [-0.3, -0.25) is 24.0 Å². The van der Waals surface area contributed by atoms with Crippen LogP contribution in [0.25, 0.3) is 6.08 Å². The SMILES string of the molecule is CC(Sc1ccc(NC(=O)/C(=C/c2ccc(Cl)cc2Cl)NC(=O)c2ccccc2)cc1)C(=O)Nc1cccc2c1C(=O)c1ccccc1C2=O. The highest BCUT2D eigenvalue weighted by Crippen LogP contribution is 2.33. The zero-order chi connectivity index (χ0) is 35.4. The Morgan fingerprint density at radius 1 is 0.720 bits per heavy atom. The third kappa shape index (κ3) is 7.55. The summed E-state index contributed by atoms with van der Waals surface area (Å²) in [5.41, 5.74) is 2.58. The first kappa shape index (κ1) is 34.4. The summed E-state index contributed by atoms with van der Waals surface area (Å²) in [6, 6.07) is 31.6. The number of carbonyl (C=O) groups is 5. The smallest absolute Gasteiger partial charge is 0.272 e. The summed E-state index contributed by atoms with van der Waals surface area (Å²) < 4.78 is 0. The van der Waals surface area contributed by atoms with E-state index in [0.717, 1.165) is 4.90 Å². The molecule has 248 valence electrons. The number of anilines is 2. The van der Waals surface area contributed by atoms with Gasteiger partial charge in [0.1, 0.15) is 5.70 Å². The molecule has 0 bridgehead atoms. The predicted molar refractivity (Wildman–Crippen MR) is 197 cm³/mol. The molecule has 5 aromatic carbocycles. The largest absolute Gasteiger partial charge is 0.324 e. The number of amides is 3. The van der Waals surface area contributed by atoms with Crippen LogP contribution in [0.5, 0.6) is 0 Å². The van der Waals surface area contributed by atoms with Crippen LogP contribution in [0.4, 0.5) is 11.4 Å². The molecule has 0 heterocycles. The lowest BCUT2D eigenvalue weighted by Gasteiger charge is -2.21. The van der Waals surface area contributed by atoms with Crippen molar-refractivity contribution in [3.05, 3.63) is 164 Å². The number of hydrogen-bond donors (Lipinski definition) is 3. The zero-order valence-electron chi connectivity index (χ0n) is 26.3. The maximum Gasteiger partial charge on any atom is 0.272 e. The molecular formula is C39H27Cl2N3O5S. The molecule has 1 aliphatic carbocycles. The number of halogens is 2. The summed E-state index contributed by atoms with van der Waals surface area (Å²) in [7, 11) is 0. The van der Waals surface area contributed by atoms with E-state index in [2.05, 4.69) is 16.0 Å². The highest BCUT2D eigenvalue weighted by atomic mass is 35.5. The van der Waals surface area contributed by atoms with Gasteiger partial charge in [-0.05, 0) is 73.2 Å². The Morgan fingerprint density at radius 3 is 2.08 bits per heavy atom. The zero-order valence-corrected chi connectivity index (χ0v) is 28.7. The minimum atomic E-state index is -0.588. The normalized spacial score (nSPS) is 12.7. The van der Waals surface area contributed by atoms with Crippen LogP contribution in [0.15, 0.2) is 126 Å². The summed E-state index contributed by atoms with van der Waals surface area (Å²) in [4.78, 5) is 66.8. The Morgan fingerprint density at radius 2 is 1.38 bits per heavy atom. The number of rotatable bonds is 9. The van der Waals surface area contributed by atoms with Crippen molar-refractivity contribution in [2.24, 2.45) is 0 Å². The molecule has 0 saturated heterocycles. The Balaban J connectivity index is 1.13. The highest BCUT2D eigenvalue weighted by molar-refractivity contribution is 8.00. The van der Waals surface area contributed by atoms with Crippen LogP contribution >= 0.6 is 35.0 Å². The van der Waals surface area contributed by atoms with Gasteiger partial charge in [0.15, 0.2) is 11.6 Å². The van der Waals surface area contributed by atoms with E-state index in [1.165, 1.54) is 23.9 Å². The van der Waals surface area contributed by atoms with E-state index in [0.29, 0.717) is 38.0 Å². The number of hydrogen-bond acceptors (Lipinski definition) is 6. The molecule has 3 amide bonds. The molecule has 0 aliphatic heterocycles. The quantitative estimate of drug-likeness (QED) is 0.102. The van der Waals surface area contributed by atoms with Gasteiger partial charge in [0.2, 0.25) is 5.91 Å². The van der Waals surface area contributed by atoms with Crippen LogP contribution in [-0.4, -0.2) is 34.5 Å². The summed E-state index contributed by atoms with van der Waals surface area (Å²) in [6.45, 7) is 1.72. The Hall–Kier alpha value is -5.48. The summed E-state index contributed by atoms with van der Waals surface area (Å²) in [6.07, 6.45) is 1.46. The van der Waals surface area contributed by atoms with Crippen LogP contribution < -0.4 is 16.0 Å². The van der Waals surface area contributed by atoms with E-state index < -0.39 is 17.1 Å². The lowest BCUT2D eigenvalue weighted by atomic mass is 9.83. The Labute approximate surface area is 301 Å². The second-order valence-corrected chi connectivity index (χ2v) is 13.5. The fourth-order valence-corrected chi connectivity index (χ4v) is 6.60. The maximum absolute atomic E-state index is 13.4. The molecule has 1 unspecified atom stereocenters. The predicted octanol–water partition coefficient (Wildman–Crippen LogP) is 8.30. The molecule has 50 heavy (non-hydrogen) atoms. The number of benzene rings is 5. The highest BCUT2D eigenvalue weighted by Gasteiger charge is 2.32. The third-order valence-corrected chi connectivity index (χ3v) is 9.47. The van der Waals surface area contributed by atoms with Crippen LogP contribution in [0, 0.1) is 0 Å². The minimum Gasteiger partial charge on any atom is -0.324 e. The second kappa shape index (κ2) is 15.0. The van der Waals surface area contributed by atoms with Crippen molar-refractivity contribution in [3.8, 4) is 0 Å². The van der Waals surface area contributed by atoms with Gasteiger partial charge in [-0.25, -0.2) is 0 Å². The number of nitrogens with one attached hydrogen (secondary N) is 3. The van der Waals surface area contributed by atoms with Crippen molar-refractivity contribution in [1.29, 1.82) is 0 Å². The molecular weight excluding hydrogens is 693 g/mol. The van der Waals surface area contributed by atoms with Crippen LogP contribution in [0.2, 0.25) is 10.0 Å². The first-order valence-corrected chi connectivity index (χ1v) is 17.0. The first-order chi connectivity index (χ1) is 24.1. The summed E-state index contributed by atoms with van der Waals surface area (Å²) in [5, 5.41) is 8.43. The summed E-state index contributed by atoms with van der Waals surface area (Å²) >= 11 is 13.7. The van der Waals surface area contributed by atoms with E-state index in [-0.39, 0.29) is 40.0 Å². The number of fused-ring (bicyclic) bond motifs is 2. The van der Waals surface area contributed by atoms with Gasteiger partial charge < -0.3 is 16.0 Å². The van der Waals surface area contributed by atoms with Crippen molar-refractivity contribution in [2.75, 3.05) is 10.6 Å². The fourth-order valence-electron chi connectivity index (χ4n) is 5.27. The topological polar surface area (TPSA) is 121 Å². The second-order valence-electron chi connectivity index (χ2n) is 11.2. The molecule has 1 aliphatic rings. The Kier molecular flexibility index (Phi) is 10.3. The van der Waals surface area contributed by atoms with Crippen molar-refractivity contribution in [3.63, 3.8) is 0 Å². The molecule has 0 radical (unpaired) electrons. The van der Waals surface area contributed by atoms with Crippen LogP contribution in [0.1, 0.15) is 54.7 Å². The van der Waals surface area contributed by atoms with Gasteiger partial charge in [-0.2, -0.15) is 0 Å². The molecule has 0 aromatic heterocycles. The monoisotopic (exact) mass is 719 g/mol. The van der Waals surface area contributed by atoms with E-state index in [9.17, 15) is 24.0 Å². The molecule has 0 fully saturated rings. The minimum absolute atomic E-state index is 0.0430. The van der Waals surface area contributed by atoms with Crippen molar-refractivity contribution >= 4 is 81.7 Å². The fraction of sp³-hybridized carbons (Fsp3) is 0.0513. The Bertz CT molecular complexity index is 2200. The van der Waals surface area contributed by atoms with Gasteiger partial charge in [-0.1, -0.05) is 83.9 Å². The van der Waals surface area contributed by atoms with Crippen molar-refractivity contribution < 1.29 is 24.0 Å². The van der Waals surface area contributed by atoms with Gasteiger partial charge in [-0.15, -0.1) is 11.8 Å². The molecule has 8 nitrogen and oxygen atoms in total. The molecule has 1 atom stereocenters. The summed E-state index contributed by atoms with van der Waals surface area (Å²) in [5.74, 6) is -2.01. The lowest BCUT2D eigenvalue weighted by Crippen LogP contribution is -2.30. The maximum atomic E-state index is 13.4. The van der Waals surface area contributed by atoms with Gasteiger partial charge in [0, 0.05) is 42.9 Å². The molecule has 3 N–H and O–H groups in total. The molecule has 0 spiro atoms. The lowest BCUT2D eigenvalue weighted by molar-refractivity contribution is -0.115. The molecule has 0 saturated carbocycles. The van der Waals surface area contributed by atoms with Crippen LogP contribution in [-0.2, 0) is 9.59 Å². The van der Waals surface area contributed by atoms with E-state index in [1.807, 2.05) is 0 Å². The average molecular weight is 721 g/mol.